The molecule has 0 fully saturated rings. The SMILES string of the molecule is CCc1cc2c(NCCc3ccc(OC)c(OC)c3)ncnc2s1.COc1ccc(CCNc2ncnc3sc(C)cc23)cc1. The molecule has 0 aliphatic heterocycles. The number of nitrogens with one attached hydrogen (secondary N) is 2. The lowest BCUT2D eigenvalue weighted by atomic mass is 10.1. The number of methoxy groups -OCH3 is 3. The molecule has 0 saturated heterocycles. The highest BCUT2D eigenvalue weighted by Crippen LogP contribution is 2.30. The number of aryl methyl sites for hydroxylation is 2. The fourth-order valence-corrected chi connectivity index (χ4v) is 6.60. The standard InChI is InChI=1S/C18H21N3O2S.C16H17N3OS/c1-4-13-10-14-17(20-11-21-18(14)24-13)19-8-7-12-5-6-15(22-2)16(9-12)23-3;1-11-9-14-15(18-10-19-16(14)21-11)17-8-7-12-3-5-13(20-2)6-4-12/h5-6,9-11H,4,7-8H2,1-3H3,(H,19,20,21);3-6,9-10H,7-8H2,1-2H3,(H,17,18,19). The highest BCUT2D eigenvalue weighted by molar-refractivity contribution is 7.19. The van der Waals surface area contributed by atoms with Gasteiger partial charge in [0.15, 0.2) is 11.5 Å². The number of benzene rings is 2. The van der Waals surface area contributed by atoms with Crippen LogP contribution in [0.15, 0.2) is 67.3 Å². The first-order valence-corrected chi connectivity index (χ1v) is 16.4. The van der Waals surface area contributed by atoms with Gasteiger partial charge in [0.1, 0.15) is 39.7 Å². The highest BCUT2D eigenvalue weighted by atomic mass is 32.1. The lowest BCUT2D eigenvalue weighted by molar-refractivity contribution is 0.354. The summed E-state index contributed by atoms with van der Waals surface area (Å²) in [7, 11) is 4.98. The molecule has 0 spiro atoms. The van der Waals surface area contributed by atoms with Gasteiger partial charge >= 0.3 is 0 Å². The maximum Gasteiger partial charge on any atom is 0.160 e. The Kier molecular flexibility index (Phi) is 11.0. The molecule has 6 aromatic rings. The van der Waals surface area contributed by atoms with Crippen molar-refractivity contribution in [1.29, 1.82) is 0 Å². The molecule has 0 saturated carbocycles. The lowest BCUT2D eigenvalue weighted by Gasteiger charge is -2.10. The minimum absolute atomic E-state index is 0.747. The van der Waals surface area contributed by atoms with Crippen molar-refractivity contribution in [3.05, 3.63) is 88.1 Å². The summed E-state index contributed by atoms with van der Waals surface area (Å²) in [5, 5.41) is 9.04. The van der Waals surface area contributed by atoms with Gasteiger partial charge in [0.25, 0.3) is 0 Å². The summed E-state index contributed by atoms with van der Waals surface area (Å²) >= 11 is 3.42. The summed E-state index contributed by atoms with van der Waals surface area (Å²) in [5.74, 6) is 4.20. The second-order valence-corrected chi connectivity index (χ2v) is 12.5. The van der Waals surface area contributed by atoms with Crippen LogP contribution in [0.25, 0.3) is 20.4 Å². The van der Waals surface area contributed by atoms with E-state index in [-0.39, 0.29) is 0 Å². The Labute approximate surface area is 271 Å². The summed E-state index contributed by atoms with van der Waals surface area (Å²) in [6.45, 7) is 5.88. The molecule has 0 bridgehead atoms. The Hall–Kier alpha value is -4.48. The van der Waals surface area contributed by atoms with Crippen LogP contribution in [0.3, 0.4) is 0 Å². The van der Waals surface area contributed by atoms with Crippen molar-refractivity contribution in [3.8, 4) is 17.2 Å². The first kappa shape index (κ1) is 31.9. The molecule has 0 aliphatic carbocycles. The van der Waals surface area contributed by atoms with Crippen LogP contribution in [0, 0.1) is 6.92 Å². The van der Waals surface area contributed by atoms with Gasteiger partial charge in [-0.1, -0.05) is 25.1 Å². The molecule has 2 aromatic carbocycles. The van der Waals surface area contributed by atoms with Gasteiger partial charge in [0, 0.05) is 22.8 Å². The fourth-order valence-electron chi connectivity index (χ4n) is 4.82. The first-order valence-electron chi connectivity index (χ1n) is 14.8. The van der Waals surface area contributed by atoms with Crippen LogP contribution < -0.4 is 24.8 Å². The Morgan fingerprint density at radius 3 is 1.87 bits per heavy atom. The molecular weight excluding hydrogens is 605 g/mol. The predicted octanol–water partition coefficient (Wildman–Crippen LogP) is 7.59. The third-order valence-electron chi connectivity index (χ3n) is 7.20. The van der Waals surface area contributed by atoms with Gasteiger partial charge in [-0.2, -0.15) is 0 Å². The highest BCUT2D eigenvalue weighted by Gasteiger charge is 2.09. The summed E-state index contributed by atoms with van der Waals surface area (Å²) in [5.41, 5.74) is 2.46. The van der Waals surface area contributed by atoms with Crippen LogP contribution in [0.1, 0.15) is 27.8 Å². The van der Waals surface area contributed by atoms with E-state index in [4.69, 9.17) is 14.2 Å². The zero-order chi connectivity index (χ0) is 31.6. The minimum atomic E-state index is 0.747. The summed E-state index contributed by atoms with van der Waals surface area (Å²) in [4.78, 5) is 22.0. The zero-order valence-corrected chi connectivity index (χ0v) is 27.8. The molecule has 0 unspecified atom stereocenters. The molecule has 6 rings (SSSR count). The van der Waals surface area contributed by atoms with E-state index in [0.29, 0.717) is 0 Å². The van der Waals surface area contributed by atoms with Gasteiger partial charge in [-0.15, -0.1) is 22.7 Å². The van der Waals surface area contributed by atoms with Crippen LogP contribution in [0.4, 0.5) is 11.6 Å². The van der Waals surface area contributed by atoms with E-state index < -0.39 is 0 Å². The van der Waals surface area contributed by atoms with Gasteiger partial charge in [-0.3, -0.25) is 0 Å². The number of hydrogen-bond donors (Lipinski definition) is 2. The van der Waals surface area contributed by atoms with Crippen LogP contribution in [-0.2, 0) is 19.3 Å². The maximum absolute atomic E-state index is 5.35. The van der Waals surface area contributed by atoms with Crippen molar-refractivity contribution < 1.29 is 14.2 Å². The number of nitrogens with zero attached hydrogens (tertiary/aromatic N) is 4. The largest absolute Gasteiger partial charge is 0.497 e. The van der Waals surface area contributed by atoms with E-state index in [1.165, 1.54) is 20.9 Å². The lowest BCUT2D eigenvalue weighted by Crippen LogP contribution is -2.07. The monoisotopic (exact) mass is 642 g/mol. The third-order valence-corrected chi connectivity index (χ3v) is 9.35. The maximum atomic E-state index is 5.35. The van der Waals surface area contributed by atoms with Crippen LogP contribution >= 0.6 is 22.7 Å². The Morgan fingerprint density at radius 2 is 1.24 bits per heavy atom. The quantitative estimate of drug-likeness (QED) is 0.140. The van der Waals surface area contributed by atoms with Crippen molar-refractivity contribution >= 4 is 54.7 Å². The van der Waals surface area contributed by atoms with E-state index in [9.17, 15) is 0 Å². The van der Waals surface area contributed by atoms with Crippen molar-refractivity contribution in [2.75, 3.05) is 45.1 Å². The molecule has 9 nitrogen and oxygen atoms in total. The Bertz CT molecular complexity index is 1840. The van der Waals surface area contributed by atoms with Crippen molar-refractivity contribution in [3.63, 3.8) is 0 Å². The number of ether oxygens (including phenoxy) is 3. The summed E-state index contributed by atoms with van der Waals surface area (Å²) in [6, 6.07) is 18.5. The molecule has 0 atom stereocenters. The van der Waals surface area contributed by atoms with E-state index in [0.717, 1.165) is 81.7 Å². The number of hydrogen-bond acceptors (Lipinski definition) is 11. The van der Waals surface area contributed by atoms with E-state index in [1.807, 2.05) is 24.3 Å². The second-order valence-electron chi connectivity index (χ2n) is 10.2. The minimum Gasteiger partial charge on any atom is -0.497 e. The van der Waals surface area contributed by atoms with Crippen LogP contribution in [0.5, 0.6) is 17.2 Å². The summed E-state index contributed by atoms with van der Waals surface area (Å²) in [6.07, 6.45) is 6.08. The van der Waals surface area contributed by atoms with Gasteiger partial charge in [-0.05, 0) is 73.7 Å². The van der Waals surface area contributed by atoms with Crippen LogP contribution in [0.2, 0.25) is 0 Å². The molecule has 45 heavy (non-hydrogen) atoms. The predicted molar refractivity (Wildman–Crippen MR) is 186 cm³/mol. The number of aromatic nitrogens is 4. The first-order chi connectivity index (χ1) is 22.0. The topological polar surface area (TPSA) is 103 Å². The fraction of sp³-hybridized carbons (Fsp3) is 0.294. The van der Waals surface area contributed by atoms with Crippen LogP contribution in [-0.4, -0.2) is 54.4 Å². The smallest absolute Gasteiger partial charge is 0.160 e. The molecule has 2 N–H and O–H groups in total. The molecule has 0 aliphatic rings. The molecular formula is C34H38N6O3S2. The van der Waals surface area contributed by atoms with Gasteiger partial charge in [0.05, 0.1) is 32.1 Å². The van der Waals surface area contributed by atoms with E-state index >= 15 is 0 Å². The molecule has 11 heteroatoms. The zero-order valence-electron chi connectivity index (χ0n) is 26.2. The Morgan fingerprint density at radius 1 is 0.644 bits per heavy atom. The molecule has 4 aromatic heterocycles. The number of rotatable bonds is 12. The molecule has 0 radical (unpaired) electrons. The second kappa shape index (κ2) is 15.5. The summed E-state index contributed by atoms with van der Waals surface area (Å²) < 4.78 is 15.8. The number of fused-ring (bicyclic) bond motifs is 2. The van der Waals surface area contributed by atoms with Gasteiger partial charge in [0.2, 0.25) is 0 Å². The normalized spacial score (nSPS) is 10.8. The molecule has 234 valence electrons. The van der Waals surface area contributed by atoms with Crippen molar-refractivity contribution in [2.45, 2.75) is 33.1 Å². The van der Waals surface area contributed by atoms with E-state index in [2.05, 4.69) is 74.7 Å². The Balaban J connectivity index is 0.000000179. The average Bonchev–Trinajstić information content (AvgIpc) is 3.69. The van der Waals surface area contributed by atoms with Crippen molar-refractivity contribution in [1.82, 2.24) is 19.9 Å². The average molecular weight is 643 g/mol. The van der Waals surface area contributed by atoms with Gasteiger partial charge < -0.3 is 24.8 Å². The number of anilines is 2. The molecule has 4 heterocycles. The number of thiophene rings is 2. The molecule has 0 amide bonds. The third kappa shape index (κ3) is 8.17. The van der Waals surface area contributed by atoms with E-state index in [1.54, 1.807) is 56.7 Å². The van der Waals surface area contributed by atoms with Crippen molar-refractivity contribution in [2.24, 2.45) is 0 Å². The van der Waals surface area contributed by atoms with Gasteiger partial charge in [-0.25, -0.2) is 19.9 Å².